The summed E-state index contributed by atoms with van der Waals surface area (Å²) in [5.41, 5.74) is -0.603. The Morgan fingerprint density at radius 1 is 1.16 bits per heavy atom. The predicted molar refractivity (Wildman–Crippen MR) is 91.0 cm³/mol. The van der Waals surface area contributed by atoms with E-state index in [2.05, 4.69) is 5.32 Å². The molecule has 1 rings (SSSR count). The second-order valence-corrected chi connectivity index (χ2v) is 7.10. The molecule has 2 amide bonds. The summed E-state index contributed by atoms with van der Waals surface area (Å²) >= 11 is 0. The molecule has 1 heterocycles. The second-order valence-electron chi connectivity index (χ2n) is 7.10. The lowest BCUT2D eigenvalue weighted by Crippen LogP contribution is -2.51. The maximum Gasteiger partial charge on any atom is 0.408 e. The molecule has 1 atom stereocenters. The number of rotatable bonds is 6. The third-order valence-corrected chi connectivity index (χ3v) is 3.60. The largest absolute Gasteiger partial charge is 0.463 e. The highest BCUT2D eigenvalue weighted by Crippen LogP contribution is 2.15. The van der Waals surface area contributed by atoms with Gasteiger partial charge in [0.1, 0.15) is 18.2 Å². The molecule has 1 fully saturated rings. The molecule has 144 valence electrons. The summed E-state index contributed by atoms with van der Waals surface area (Å²) in [6, 6.07) is -0.642. The van der Waals surface area contributed by atoms with Gasteiger partial charge in [-0.1, -0.05) is 0 Å². The molecular formula is C17H30N2O6. The van der Waals surface area contributed by atoms with Crippen molar-refractivity contribution in [2.45, 2.75) is 65.2 Å². The van der Waals surface area contributed by atoms with Crippen LogP contribution in [0.5, 0.6) is 0 Å². The smallest absolute Gasteiger partial charge is 0.408 e. The van der Waals surface area contributed by atoms with Gasteiger partial charge in [-0.15, -0.1) is 0 Å². The van der Waals surface area contributed by atoms with Gasteiger partial charge in [0.15, 0.2) is 0 Å². The molecule has 0 bridgehead atoms. The maximum absolute atomic E-state index is 12.4. The first-order valence-corrected chi connectivity index (χ1v) is 8.62. The van der Waals surface area contributed by atoms with Gasteiger partial charge in [0, 0.05) is 20.0 Å². The van der Waals surface area contributed by atoms with Gasteiger partial charge in [-0.3, -0.25) is 9.59 Å². The molecule has 1 N–H and O–H groups in total. The van der Waals surface area contributed by atoms with E-state index in [1.54, 1.807) is 32.6 Å². The van der Waals surface area contributed by atoms with E-state index in [1.165, 1.54) is 6.92 Å². The van der Waals surface area contributed by atoms with Gasteiger partial charge in [0.2, 0.25) is 5.91 Å². The number of alkyl carbamates (subject to hydrolysis) is 1. The van der Waals surface area contributed by atoms with Crippen molar-refractivity contribution in [3.8, 4) is 0 Å². The number of likely N-dealkylation sites (tertiary alicyclic amines) is 1. The van der Waals surface area contributed by atoms with Gasteiger partial charge in [-0.2, -0.15) is 0 Å². The predicted octanol–water partition coefficient (Wildman–Crippen LogP) is 1.47. The Labute approximate surface area is 149 Å². The Kier molecular flexibility index (Phi) is 8.15. The van der Waals surface area contributed by atoms with Crippen molar-refractivity contribution in [3.63, 3.8) is 0 Å². The second kappa shape index (κ2) is 9.60. The first kappa shape index (κ1) is 21.2. The molecule has 0 saturated carbocycles. The number of carbonyl (C=O) groups excluding carboxylic acids is 3. The van der Waals surface area contributed by atoms with Crippen molar-refractivity contribution in [2.24, 2.45) is 0 Å². The zero-order valence-corrected chi connectivity index (χ0v) is 15.8. The van der Waals surface area contributed by atoms with E-state index in [-0.39, 0.29) is 24.6 Å². The van der Waals surface area contributed by atoms with Crippen LogP contribution in [-0.4, -0.2) is 66.9 Å². The van der Waals surface area contributed by atoms with E-state index in [0.717, 1.165) is 0 Å². The third kappa shape index (κ3) is 8.72. The van der Waals surface area contributed by atoms with E-state index >= 15 is 0 Å². The van der Waals surface area contributed by atoms with Gasteiger partial charge in [-0.25, -0.2) is 4.79 Å². The number of ether oxygens (including phenoxy) is 3. The highest BCUT2D eigenvalue weighted by atomic mass is 16.6. The van der Waals surface area contributed by atoms with Crippen LogP contribution in [0, 0.1) is 0 Å². The number of amides is 2. The van der Waals surface area contributed by atoms with Crippen LogP contribution in [0.1, 0.15) is 47.5 Å². The number of carbonyl (C=O) groups is 3. The number of esters is 1. The zero-order chi connectivity index (χ0) is 19.0. The number of nitrogens with zero attached hydrogens (tertiary/aromatic N) is 1. The lowest BCUT2D eigenvalue weighted by Gasteiger charge is -2.33. The standard InChI is InChI=1S/C17H30N2O6/c1-12(18-16(22)25-17(3,4)5)15(21)19-8-6-14(7-9-19)24-11-10-23-13(2)20/h12,14H,6-11H2,1-5H3,(H,18,22)/t12-/m0/s1. The molecule has 0 aromatic rings. The molecule has 25 heavy (non-hydrogen) atoms. The Hall–Kier alpha value is -1.83. The monoisotopic (exact) mass is 358 g/mol. The molecule has 0 radical (unpaired) electrons. The molecule has 1 aliphatic heterocycles. The average molecular weight is 358 g/mol. The maximum atomic E-state index is 12.4. The first-order chi connectivity index (χ1) is 11.6. The topological polar surface area (TPSA) is 94.2 Å². The van der Waals surface area contributed by atoms with Gasteiger partial charge in [-0.05, 0) is 40.5 Å². The summed E-state index contributed by atoms with van der Waals surface area (Å²) in [6.07, 6.45) is 0.876. The summed E-state index contributed by atoms with van der Waals surface area (Å²) in [6.45, 7) is 10.0. The summed E-state index contributed by atoms with van der Waals surface area (Å²) in [7, 11) is 0. The van der Waals surface area contributed by atoms with Crippen molar-refractivity contribution >= 4 is 18.0 Å². The van der Waals surface area contributed by atoms with Crippen molar-refractivity contribution in [3.05, 3.63) is 0 Å². The minimum Gasteiger partial charge on any atom is -0.463 e. The molecule has 0 aliphatic carbocycles. The highest BCUT2D eigenvalue weighted by Gasteiger charge is 2.28. The van der Waals surface area contributed by atoms with E-state index in [4.69, 9.17) is 14.2 Å². The molecule has 1 aliphatic rings. The molecule has 8 heteroatoms. The zero-order valence-electron chi connectivity index (χ0n) is 15.8. The van der Waals surface area contributed by atoms with Crippen LogP contribution >= 0.6 is 0 Å². The van der Waals surface area contributed by atoms with Crippen LogP contribution in [0.25, 0.3) is 0 Å². The van der Waals surface area contributed by atoms with E-state index in [0.29, 0.717) is 32.5 Å². The average Bonchev–Trinajstić information content (AvgIpc) is 2.49. The third-order valence-electron chi connectivity index (χ3n) is 3.60. The SMILES string of the molecule is CC(=O)OCCOC1CCN(C(=O)[C@H](C)NC(=O)OC(C)(C)C)CC1. The number of hydrogen-bond acceptors (Lipinski definition) is 6. The molecular weight excluding hydrogens is 328 g/mol. The van der Waals surface area contributed by atoms with Gasteiger partial charge in [0.05, 0.1) is 12.7 Å². The van der Waals surface area contributed by atoms with Crippen molar-refractivity contribution in [1.82, 2.24) is 10.2 Å². The number of nitrogens with one attached hydrogen (secondary N) is 1. The lowest BCUT2D eigenvalue weighted by molar-refractivity contribution is -0.144. The Balaban J connectivity index is 2.30. The molecule has 8 nitrogen and oxygen atoms in total. The van der Waals surface area contributed by atoms with Gasteiger partial charge in [0.25, 0.3) is 0 Å². The summed E-state index contributed by atoms with van der Waals surface area (Å²) in [5.74, 6) is -0.459. The minimum absolute atomic E-state index is 0.0497. The van der Waals surface area contributed by atoms with Crippen molar-refractivity contribution < 1.29 is 28.6 Å². The Morgan fingerprint density at radius 3 is 2.28 bits per heavy atom. The molecule has 0 unspecified atom stereocenters. The Morgan fingerprint density at radius 2 is 1.76 bits per heavy atom. The summed E-state index contributed by atoms with van der Waals surface area (Å²) in [5, 5.41) is 2.57. The number of hydrogen-bond donors (Lipinski definition) is 1. The fourth-order valence-corrected chi connectivity index (χ4v) is 2.46. The number of piperidine rings is 1. The normalized spacial score (nSPS) is 16.9. The van der Waals surface area contributed by atoms with Crippen LogP contribution in [0.3, 0.4) is 0 Å². The van der Waals surface area contributed by atoms with Crippen LogP contribution < -0.4 is 5.32 Å². The van der Waals surface area contributed by atoms with Gasteiger partial charge < -0.3 is 24.4 Å². The van der Waals surface area contributed by atoms with Crippen LogP contribution in [-0.2, 0) is 23.8 Å². The lowest BCUT2D eigenvalue weighted by atomic mass is 10.1. The minimum atomic E-state index is -0.642. The Bertz CT molecular complexity index is 466. The molecule has 0 aromatic heterocycles. The van der Waals surface area contributed by atoms with E-state index in [9.17, 15) is 14.4 Å². The van der Waals surface area contributed by atoms with E-state index in [1.807, 2.05) is 0 Å². The summed E-state index contributed by atoms with van der Waals surface area (Å²) < 4.78 is 15.6. The van der Waals surface area contributed by atoms with Crippen molar-refractivity contribution in [2.75, 3.05) is 26.3 Å². The van der Waals surface area contributed by atoms with Crippen LogP contribution in [0.15, 0.2) is 0 Å². The molecule has 1 saturated heterocycles. The van der Waals surface area contributed by atoms with Crippen LogP contribution in [0.2, 0.25) is 0 Å². The van der Waals surface area contributed by atoms with Crippen LogP contribution in [0.4, 0.5) is 4.79 Å². The fourth-order valence-electron chi connectivity index (χ4n) is 2.46. The van der Waals surface area contributed by atoms with Gasteiger partial charge >= 0.3 is 12.1 Å². The summed E-state index contributed by atoms with van der Waals surface area (Å²) in [4.78, 5) is 36.5. The first-order valence-electron chi connectivity index (χ1n) is 8.62. The molecule has 0 spiro atoms. The quantitative estimate of drug-likeness (QED) is 0.571. The van der Waals surface area contributed by atoms with E-state index < -0.39 is 17.7 Å². The molecule has 0 aromatic carbocycles. The highest BCUT2D eigenvalue weighted by molar-refractivity contribution is 5.85. The fraction of sp³-hybridized carbons (Fsp3) is 0.824. The van der Waals surface area contributed by atoms with Crippen molar-refractivity contribution in [1.29, 1.82) is 0 Å².